The van der Waals surface area contributed by atoms with Crippen LogP contribution in [0.5, 0.6) is 0 Å². The van der Waals surface area contributed by atoms with Crippen molar-refractivity contribution in [1.82, 2.24) is 0 Å². The van der Waals surface area contributed by atoms with Gasteiger partial charge in [-0.1, -0.05) is 6.92 Å². The van der Waals surface area contributed by atoms with Gasteiger partial charge in [0.15, 0.2) is 0 Å². The molecule has 0 heterocycles. The molecule has 70 valence electrons. The molecule has 7 heteroatoms. The van der Waals surface area contributed by atoms with Gasteiger partial charge in [-0.25, -0.2) is 8.37 Å². The van der Waals surface area contributed by atoms with Crippen molar-refractivity contribution >= 4 is 10.4 Å². The SMILES string of the molecule is CCCOS(=O)(=O)OCCO.[H-].[Na+]. The van der Waals surface area contributed by atoms with Crippen LogP contribution in [0, 0.1) is 0 Å². The maximum Gasteiger partial charge on any atom is 1.00 e. The van der Waals surface area contributed by atoms with E-state index in [1.807, 2.05) is 0 Å². The standard InChI is InChI=1S/C5H12O5S.Na.H/c1-2-4-9-11(7,8)10-5-3-6;;/h6H,2-5H2,1H3;;/q;+1;-1. The zero-order valence-electron chi connectivity index (χ0n) is 8.32. The summed E-state index contributed by atoms with van der Waals surface area (Å²) in [5.74, 6) is 0. The molecule has 0 radical (unpaired) electrons. The van der Waals surface area contributed by atoms with E-state index in [0.29, 0.717) is 6.42 Å². The summed E-state index contributed by atoms with van der Waals surface area (Å²) in [7, 11) is -3.87. The number of aliphatic hydroxyl groups excluding tert-OH is 1. The minimum absolute atomic E-state index is 0. The van der Waals surface area contributed by atoms with E-state index in [1.54, 1.807) is 6.92 Å². The Labute approximate surface area is 96.2 Å². The summed E-state index contributed by atoms with van der Waals surface area (Å²) < 4.78 is 29.7. The van der Waals surface area contributed by atoms with Gasteiger partial charge in [-0.2, -0.15) is 8.42 Å². The van der Waals surface area contributed by atoms with Crippen molar-refractivity contribution in [3.05, 3.63) is 0 Å². The summed E-state index contributed by atoms with van der Waals surface area (Å²) in [5, 5.41) is 8.21. The van der Waals surface area contributed by atoms with Crippen molar-refractivity contribution in [2.24, 2.45) is 0 Å². The quantitative estimate of drug-likeness (QED) is 0.465. The number of hydrogen-bond donors (Lipinski definition) is 1. The fraction of sp³-hybridized carbons (Fsp3) is 1.00. The van der Waals surface area contributed by atoms with E-state index in [-0.39, 0.29) is 50.8 Å². The van der Waals surface area contributed by atoms with Gasteiger partial charge in [0.1, 0.15) is 0 Å². The molecule has 0 aliphatic carbocycles. The molecule has 12 heavy (non-hydrogen) atoms. The molecule has 0 aliphatic rings. The molecule has 0 atom stereocenters. The second kappa shape index (κ2) is 8.43. The van der Waals surface area contributed by atoms with Crippen molar-refractivity contribution in [3.63, 3.8) is 0 Å². The zero-order chi connectivity index (χ0) is 8.74. The van der Waals surface area contributed by atoms with Gasteiger partial charge in [0.25, 0.3) is 0 Å². The van der Waals surface area contributed by atoms with E-state index in [9.17, 15) is 8.42 Å². The monoisotopic (exact) mass is 208 g/mol. The number of rotatable bonds is 6. The second-order valence-electron chi connectivity index (χ2n) is 1.78. The first kappa shape index (κ1) is 15.3. The molecule has 0 aliphatic heterocycles. The summed E-state index contributed by atoms with van der Waals surface area (Å²) in [6.45, 7) is 1.29. The largest absolute Gasteiger partial charge is 1.00 e. The Hall–Kier alpha value is 0.830. The molecule has 0 spiro atoms. The van der Waals surface area contributed by atoms with Gasteiger partial charge in [-0.15, -0.1) is 0 Å². The van der Waals surface area contributed by atoms with Gasteiger partial charge in [0.2, 0.25) is 0 Å². The van der Waals surface area contributed by atoms with Gasteiger partial charge in [-0.05, 0) is 6.42 Å². The zero-order valence-corrected chi connectivity index (χ0v) is 10.1. The third kappa shape index (κ3) is 8.92. The summed E-state index contributed by atoms with van der Waals surface area (Å²) in [5.41, 5.74) is 0. The normalized spacial score (nSPS) is 10.8. The summed E-state index contributed by atoms with van der Waals surface area (Å²) in [6, 6.07) is 0. The summed E-state index contributed by atoms with van der Waals surface area (Å²) >= 11 is 0. The van der Waals surface area contributed by atoms with E-state index >= 15 is 0 Å². The number of aliphatic hydroxyl groups is 1. The van der Waals surface area contributed by atoms with Crippen molar-refractivity contribution < 1.29 is 52.9 Å². The molecular formula is C5H13NaO5S. The molecule has 0 aromatic heterocycles. The van der Waals surface area contributed by atoms with Gasteiger partial charge < -0.3 is 6.53 Å². The first-order chi connectivity index (χ1) is 5.12. The van der Waals surface area contributed by atoms with Crippen LogP contribution in [0.25, 0.3) is 0 Å². The Kier molecular flexibility index (Phi) is 10.8. The van der Waals surface area contributed by atoms with Crippen LogP contribution in [0.3, 0.4) is 0 Å². The molecule has 1 N–H and O–H groups in total. The average molecular weight is 208 g/mol. The molecule has 0 unspecified atom stereocenters. The van der Waals surface area contributed by atoms with E-state index in [1.165, 1.54) is 0 Å². The van der Waals surface area contributed by atoms with Crippen molar-refractivity contribution in [3.8, 4) is 0 Å². The second-order valence-corrected chi connectivity index (χ2v) is 3.06. The first-order valence-electron chi connectivity index (χ1n) is 3.27. The minimum Gasteiger partial charge on any atom is -1.00 e. The van der Waals surface area contributed by atoms with Crippen LogP contribution in [0.15, 0.2) is 0 Å². The summed E-state index contributed by atoms with van der Waals surface area (Å²) in [6.07, 6.45) is 0.599. The Morgan fingerprint density at radius 3 is 2.25 bits per heavy atom. The predicted molar refractivity (Wildman–Crippen MR) is 39.3 cm³/mol. The van der Waals surface area contributed by atoms with Crippen molar-refractivity contribution in [1.29, 1.82) is 0 Å². The average Bonchev–Trinajstić information content (AvgIpc) is 1.97. The molecule has 0 rings (SSSR count). The first-order valence-corrected chi connectivity index (χ1v) is 4.60. The molecule has 0 saturated carbocycles. The van der Waals surface area contributed by atoms with Crippen LogP contribution < -0.4 is 29.6 Å². The number of hydrogen-bond acceptors (Lipinski definition) is 5. The van der Waals surface area contributed by atoms with Gasteiger partial charge in [0.05, 0.1) is 19.8 Å². The molecular weight excluding hydrogens is 195 g/mol. The van der Waals surface area contributed by atoms with E-state index in [2.05, 4.69) is 8.37 Å². The molecule has 0 aromatic carbocycles. The van der Waals surface area contributed by atoms with E-state index < -0.39 is 10.4 Å². The molecule has 0 amide bonds. The van der Waals surface area contributed by atoms with Crippen molar-refractivity contribution in [2.45, 2.75) is 13.3 Å². The molecule has 0 fully saturated rings. The predicted octanol–water partition coefficient (Wildman–Crippen LogP) is -3.22. The Morgan fingerprint density at radius 2 is 1.83 bits per heavy atom. The van der Waals surface area contributed by atoms with E-state index in [0.717, 1.165) is 0 Å². The Morgan fingerprint density at radius 1 is 1.33 bits per heavy atom. The molecule has 0 saturated heterocycles. The van der Waals surface area contributed by atoms with Crippen LogP contribution in [-0.4, -0.2) is 33.3 Å². The molecule has 0 bridgehead atoms. The van der Waals surface area contributed by atoms with Gasteiger partial charge >= 0.3 is 40.0 Å². The van der Waals surface area contributed by atoms with E-state index in [4.69, 9.17) is 5.11 Å². The van der Waals surface area contributed by atoms with Crippen LogP contribution >= 0.6 is 0 Å². The fourth-order valence-electron chi connectivity index (χ4n) is 0.359. The Balaban J connectivity index is -0.000000500. The smallest absolute Gasteiger partial charge is 1.00 e. The fourth-order valence-corrected chi connectivity index (χ4v) is 1.08. The van der Waals surface area contributed by atoms with Crippen LogP contribution in [0.4, 0.5) is 0 Å². The van der Waals surface area contributed by atoms with Crippen LogP contribution in [-0.2, 0) is 18.8 Å². The van der Waals surface area contributed by atoms with Crippen molar-refractivity contribution in [2.75, 3.05) is 19.8 Å². The van der Waals surface area contributed by atoms with Gasteiger partial charge in [-0.3, -0.25) is 0 Å². The third-order valence-electron chi connectivity index (χ3n) is 0.751. The van der Waals surface area contributed by atoms with Crippen LogP contribution in [0.2, 0.25) is 0 Å². The Bertz CT molecular complexity index is 169. The van der Waals surface area contributed by atoms with Crippen LogP contribution in [0.1, 0.15) is 14.8 Å². The third-order valence-corrected chi connectivity index (χ3v) is 1.66. The molecule has 0 aromatic rings. The topological polar surface area (TPSA) is 72.8 Å². The minimum atomic E-state index is -3.87. The molecule has 5 nitrogen and oxygen atoms in total. The maximum absolute atomic E-state index is 10.6. The summed E-state index contributed by atoms with van der Waals surface area (Å²) in [4.78, 5) is 0. The maximum atomic E-state index is 10.6. The van der Waals surface area contributed by atoms with Gasteiger partial charge in [0, 0.05) is 0 Å².